The Labute approximate surface area is 124 Å². The maximum absolute atomic E-state index is 12.1. The van der Waals surface area contributed by atoms with Gasteiger partial charge in [0.15, 0.2) is 0 Å². The Kier molecular flexibility index (Phi) is 5.05. The largest absolute Gasteiger partial charge is 0.347 e. The van der Waals surface area contributed by atoms with Crippen LogP contribution in [0.25, 0.3) is 0 Å². The summed E-state index contributed by atoms with van der Waals surface area (Å²) in [7, 11) is 3.98. The molecule has 1 atom stereocenters. The summed E-state index contributed by atoms with van der Waals surface area (Å²) < 4.78 is 0. The van der Waals surface area contributed by atoms with Gasteiger partial charge in [0.25, 0.3) is 5.91 Å². The van der Waals surface area contributed by atoms with Gasteiger partial charge in [-0.25, -0.2) is 4.98 Å². The summed E-state index contributed by atoms with van der Waals surface area (Å²) in [6, 6.07) is 10.2. The van der Waals surface area contributed by atoms with Crippen LogP contribution in [0.2, 0.25) is 0 Å². The van der Waals surface area contributed by atoms with Crippen molar-refractivity contribution in [1.82, 2.24) is 25.4 Å². The van der Waals surface area contributed by atoms with Crippen LogP contribution in [0.5, 0.6) is 0 Å². The van der Waals surface area contributed by atoms with Gasteiger partial charge in [-0.15, -0.1) is 5.10 Å². The number of nitrogens with one attached hydrogen (secondary N) is 2. The zero-order valence-electron chi connectivity index (χ0n) is 12.6. The van der Waals surface area contributed by atoms with E-state index in [0.717, 1.165) is 12.0 Å². The monoisotopic (exact) mass is 287 g/mol. The molecule has 0 fully saturated rings. The summed E-state index contributed by atoms with van der Waals surface area (Å²) in [6.07, 6.45) is 0.727. The lowest BCUT2D eigenvalue weighted by Gasteiger charge is -2.24. The molecule has 0 spiro atoms. The van der Waals surface area contributed by atoms with Gasteiger partial charge in [-0.2, -0.15) is 0 Å². The Morgan fingerprint density at radius 3 is 2.62 bits per heavy atom. The number of amides is 1. The first-order valence-electron chi connectivity index (χ1n) is 7.02. The SMILES string of the molecule is CCc1nc(C(=O)NCC(c2ccccc2)N(C)C)n[nH]1. The molecule has 0 radical (unpaired) electrons. The van der Waals surface area contributed by atoms with Crippen LogP contribution < -0.4 is 5.32 Å². The minimum absolute atomic E-state index is 0.111. The van der Waals surface area contributed by atoms with Crippen LogP contribution in [0.1, 0.15) is 35.0 Å². The van der Waals surface area contributed by atoms with Crippen LogP contribution in [-0.4, -0.2) is 46.6 Å². The van der Waals surface area contributed by atoms with Crippen molar-refractivity contribution in [2.75, 3.05) is 20.6 Å². The van der Waals surface area contributed by atoms with E-state index in [0.29, 0.717) is 12.4 Å². The summed E-state index contributed by atoms with van der Waals surface area (Å²) in [5, 5.41) is 9.56. The Morgan fingerprint density at radius 1 is 1.33 bits per heavy atom. The minimum atomic E-state index is -0.256. The van der Waals surface area contributed by atoms with E-state index in [1.54, 1.807) is 0 Å². The third-order valence-electron chi connectivity index (χ3n) is 3.33. The van der Waals surface area contributed by atoms with Gasteiger partial charge in [0.1, 0.15) is 5.82 Å². The van der Waals surface area contributed by atoms with Gasteiger partial charge < -0.3 is 10.2 Å². The number of hydrogen-bond donors (Lipinski definition) is 2. The van der Waals surface area contributed by atoms with E-state index in [9.17, 15) is 4.79 Å². The number of hydrogen-bond acceptors (Lipinski definition) is 4. The zero-order chi connectivity index (χ0) is 15.2. The van der Waals surface area contributed by atoms with Gasteiger partial charge in [-0.3, -0.25) is 9.89 Å². The van der Waals surface area contributed by atoms with Gasteiger partial charge in [-0.05, 0) is 19.7 Å². The van der Waals surface area contributed by atoms with Crippen LogP contribution in [0.15, 0.2) is 30.3 Å². The molecule has 0 aliphatic heterocycles. The van der Waals surface area contributed by atoms with E-state index in [-0.39, 0.29) is 17.8 Å². The molecule has 2 aromatic rings. The fourth-order valence-electron chi connectivity index (χ4n) is 2.10. The molecule has 6 heteroatoms. The molecule has 1 unspecified atom stereocenters. The second-order valence-corrected chi connectivity index (χ2v) is 5.06. The van der Waals surface area contributed by atoms with Crippen LogP contribution in [0.3, 0.4) is 0 Å². The molecule has 2 rings (SSSR count). The summed E-state index contributed by atoms with van der Waals surface area (Å²) >= 11 is 0. The molecule has 6 nitrogen and oxygen atoms in total. The van der Waals surface area contributed by atoms with Gasteiger partial charge in [-0.1, -0.05) is 37.3 Å². The smallest absolute Gasteiger partial charge is 0.291 e. The molecule has 0 saturated heterocycles. The number of carbonyl (C=O) groups excluding carboxylic acids is 1. The highest BCUT2D eigenvalue weighted by Gasteiger charge is 2.17. The Bertz CT molecular complexity index is 579. The van der Waals surface area contributed by atoms with E-state index < -0.39 is 0 Å². The predicted molar refractivity (Wildman–Crippen MR) is 81.0 cm³/mol. The standard InChI is InChI=1S/C15H21N5O/c1-4-13-17-14(19-18-13)15(21)16-10-12(20(2)3)11-8-6-5-7-9-11/h5-9,12H,4,10H2,1-3H3,(H,16,21)(H,17,18,19). The summed E-state index contributed by atoms with van der Waals surface area (Å²) in [5.41, 5.74) is 1.16. The van der Waals surface area contributed by atoms with Gasteiger partial charge in [0.2, 0.25) is 5.82 Å². The van der Waals surface area contributed by atoms with E-state index >= 15 is 0 Å². The fourth-order valence-corrected chi connectivity index (χ4v) is 2.10. The van der Waals surface area contributed by atoms with E-state index in [4.69, 9.17) is 0 Å². The average Bonchev–Trinajstić information content (AvgIpc) is 2.97. The van der Waals surface area contributed by atoms with Gasteiger partial charge in [0, 0.05) is 13.0 Å². The lowest BCUT2D eigenvalue weighted by molar-refractivity contribution is 0.0932. The maximum Gasteiger partial charge on any atom is 0.291 e. The maximum atomic E-state index is 12.1. The number of aromatic nitrogens is 3. The molecule has 2 N–H and O–H groups in total. The van der Waals surface area contributed by atoms with Crippen LogP contribution >= 0.6 is 0 Å². The number of H-pyrrole nitrogens is 1. The summed E-state index contributed by atoms with van der Waals surface area (Å²) in [6.45, 7) is 2.46. The molecule has 21 heavy (non-hydrogen) atoms. The third kappa shape index (κ3) is 3.88. The van der Waals surface area contributed by atoms with Crippen LogP contribution in [0.4, 0.5) is 0 Å². The highest BCUT2D eigenvalue weighted by atomic mass is 16.2. The van der Waals surface area contributed by atoms with E-state index in [2.05, 4.69) is 37.5 Å². The molecular formula is C15H21N5O. The van der Waals surface area contributed by atoms with Crippen molar-refractivity contribution in [3.8, 4) is 0 Å². The summed E-state index contributed by atoms with van der Waals surface area (Å²) in [4.78, 5) is 18.3. The van der Waals surface area contributed by atoms with E-state index in [1.807, 2.05) is 39.2 Å². The number of aryl methyl sites for hydroxylation is 1. The molecule has 0 saturated carbocycles. The second kappa shape index (κ2) is 6.99. The molecule has 1 amide bonds. The quantitative estimate of drug-likeness (QED) is 0.842. The normalized spacial score (nSPS) is 12.4. The lowest BCUT2D eigenvalue weighted by atomic mass is 10.1. The van der Waals surface area contributed by atoms with Crippen molar-refractivity contribution < 1.29 is 4.79 Å². The number of rotatable bonds is 6. The zero-order valence-corrected chi connectivity index (χ0v) is 12.6. The lowest BCUT2D eigenvalue weighted by Crippen LogP contribution is -2.35. The first kappa shape index (κ1) is 15.2. The van der Waals surface area contributed by atoms with Crippen molar-refractivity contribution in [3.63, 3.8) is 0 Å². The minimum Gasteiger partial charge on any atom is -0.347 e. The van der Waals surface area contributed by atoms with Crippen molar-refractivity contribution in [1.29, 1.82) is 0 Å². The number of carbonyl (C=O) groups is 1. The third-order valence-corrected chi connectivity index (χ3v) is 3.33. The van der Waals surface area contributed by atoms with Crippen molar-refractivity contribution in [2.45, 2.75) is 19.4 Å². The highest BCUT2D eigenvalue weighted by Crippen LogP contribution is 2.16. The average molecular weight is 287 g/mol. The van der Waals surface area contributed by atoms with Crippen LogP contribution in [0, 0.1) is 0 Å². The summed E-state index contributed by atoms with van der Waals surface area (Å²) in [5.74, 6) is 0.651. The topological polar surface area (TPSA) is 73.9 Å². The second-order valence-electron chi connectivity index (χ2n) is 5.06. The molecule has 1 heterocycles. The number of likely N-dealkylation sites (N-methyl/N-ethyl adjacent to an activating group) is 1. The first-order valence-corrected chi connectivity index (χ1v) is 7.02. The molecule has 1 aromatic heterocycles. The predicted octanol–water partition coefficient (Wildman–Crippen LogP) is 1.40. The number of nitrogens with zero attached hydrogens (tertiary/aromatic N) is 3. The number of aromatic amines is 1. The fraction of sp³-hybridized carbons (Fsp3) is 0.400. The van der Waals surface area contributed by atoms with Crippen LogP contribution in [-0.2, 0) is 6.42 Å². The molecule has 0 aliphatic rings. The Hall–Kier alpha value is -2.21. The van der Waals surface area contributed by atoms with Gasteiger partial charge in [0.05, 0.1) is 6.04 Å². The highest BCUT2D eigenvalue weighted by molar-refractivity contribution is 5.90. The Morgan fingerprint density at radius 2 is 2.05 bits per heavy atom. The van der Waals surface area contributed by atoms with Crippen molar-refractivity contribution in [3.05, 3.63) is 47.5 Å². The van der Waals surface area contributed by atoms with Crippen molar-refractivity contribution in [2.24, 2.45) is 0 Å². The Balaban J connectivity index is 2.00. The molecule has 1 aromatic carbocycles. The van der Waals surface area contributed by atoms with Gasteiger partial charge >= 0.3 is 0 Å². The molecule has 112 valence electrons. The van der Waals surface area contributed by atoms with Crippen molar-refractivity contribution >= 4 is 5.91 Å². The first-order chi connectivity index (χ1) is 10.1. The molecular weight excluding hydrogens is 266 g/mol. The molecule has 0 aliphatic carbocycles. The number of benzene rings is 1. The molecule has 0 bridgehead atoms. The van der Waals surface area contributed by atoms with E-state index in [1.165, 1.54) is 0 Å².